The number of pyridine rings is 1. The van der Waals surface area contributed by atoms with Crippen LogP contribution < -0.4 is 0 Å². The van der Waals surface area contributed by atoms with Gasteiger partial charge < -0.3 is 9.42 Å². The van der Waals surface area contributed by atoms with Crippen molar-refractivity contribution in [3.8, 4) is 17.3 Å². The van der Waals surface area contributed by atoms with E-state index in [-0.39, 0.29) is 11.8 Å². The Kier molecular flexibility index (Phi) is 5.42. The quantitative estimate of drug-likeness (QED) is 0.669. The number of nitrogens with zero attached hydrogens (tertiary/aromatic N) is 6. The molecule has 1 aliphatic rings. The topological polar surface area (TPSA) is 89.9 Å². The molecule has 29 heavy (non-hydrogen) atoms. The SMILES string of the molecule is Cc1c(C(=O)N2CCCCCC2)cnn1-c1ccc(-c2nc(C(C)C)no2)cn1. The van der Waals surface area contributed by atoms with E-state index in [2.05, 4.69) is 20.2 Å². The number of amides is 1. The summed E-state index contributed by atoms with van der Waals surface area (Å²) in [4.78, 5) is 23.8. The van der Waals surface area contributed by atoms with Crippen molar-refractivity contribution in [3.63, 3.8) is 0 Å². The highest BCUT2D eigenvalue weighted by Crippen LogP contribution is 2.22. The van der Waals surface area contributed by atoms with Crippen LogP contribution in [0.1, 0.15) is 67.3 Å². The summed E-state index contributed by atoms with van der Waals surface area (Å²) >= 11 is 0. The van der Waals surface area contributed by atoms with Gasteiger partial charge in [-0.1, -0.05) is 31.8 Å². The van der Waals surface area contributed by atoms with Crippen LogP contribution in [0.2, 0.25) is 0 Å². The molecule has 4 rings (SSSR count). The Labute approximate surface area is 169 Å². The van der Waals surface area contributed by atoms with Gasteiger partial charge in [0.05, 0.1) is 23.0 Å². The summed E-state index contributed by atoms with van der Waals surface area (Å²) in [6.45, 7) is 7.57. The van der Waals surface area contributed by atoms with Crippen molar-refractivity contribution in [2.45, 2.75) is 52.4 Å². The Balaban J connectivity index is 1.55. The van der Waals surface area contributed by atoms with Crippen molar-refractivity contribution in [1.29, 1.82) is 0 Å². The van der Waals surface area contributed by atoms with E-state index in [0.717, 1.165) is 37.2 Å². The minimum absolute atomic E-state index is 0.0549. The van der Waals surface area contributed by atoms with Crippen molar-refractivity contribution < 1.29 is 9.32 Å². The Hall–Kier alpha value is -3.03. The van der Waals surface area contributed by atoms with E-state index < -0.39 is 0 Å². The molecule has 0 atom stereocenters. The molecule has 0 aliphatic carbocycles. The molecule has 4 heterocycles. The Morgan fingerprint density at radius 2 is 1.86 bits per heavy atom. The fourth-order valence-corrected chi connectivity index (χ4v) is 3.52. The van der Waals surface area contributed by atoms with Crippen molar-refractivity contribution >= 4 is 5.91 Å². The van der Waals surface area contributed by atoms with Crippen LogP contribution in [-0.4, -0.2) is 48.8 Å². The van der Waals surface area contributed by atoms with Gasteiger partial charge in [0.1, 0.15) is 0 Å². The van der Waals surface area contributed by atoms with Crippen LogP contribution in [0.5, 0.6) is 0 Å². The van der Waals surface area contributed by atoms with Crippen LogP contribution >= 0.6 is 0 Å². The van der Waals surface area contributed by atoms with E-state index in [1.807, 2.05) is 37.8 Å². The lowest BCUT2D eigenvalue weighted by Gasteiger charge is -2.19. The van der Waals surface area contributed by atoms with E-state index in [9.17, 15) is 4.79 Å². The molecule has 0 unspecified atom stereocenters. The smallest absolute Gasteiger partial charge is 0.259 e. The molecule has 1 fully saturated rings. The monoisotopic (exact) mass is 394 g/mol. The maximum Gasteiger partial charge on any atom is 0.259 e. The molecule has 8 nitrogen and oxygen atoms in total. The van der Waals surface area contributed by atoms with Gasteiger partial charge in [-0.05, 0) is 31.9 Å². The van der Waals surface area contributed by atoms with Gasteiger partial charge in [-0.2, -0.15) is 10.1 Å². The van der Waals surface area contributed by atoms with E-state index in [1.165, 1.54) is 12.8 Å². The third-order valence-corrected chi connectivity index (χ3v) is 5.30. The van der Waals surface area contributed by atoms with Gasteiger partial charge in [0, 0.05) is 25.2 Å². The molecule has 0 N–H and O–H groups in total. The first-order chi connectivity index (χ1) is 14.0. The summed E-state index contributed by atoms with van der Waals surface area (Å²) in [5.41, 5.74) is 2.18. The maximum absolute atomic E-state index is 12.9. The molecule has 0 aromatic carbocycles. The molecule has 152 valence electrons. The normalized spacial score (nSPS) is 15.0. The number of hydrogen-bond donors (Lipinski definition) is 0. The van der Waals surface area contributed by atoms with Crippen molar-refractivity contribution in [2.75, 3.05) is 13.1 Å². The van der Waals surface area contributed by atoms with Crippen molar-refractivity contribution in [3.05, 3.63) is 41.6 Å². The van der Waals surface area contributed by atoms with Crippen LogP contribution in [0.3, 0.4) is 0 Å². The predicted octanol–water partition coefficient (Wildman–Crippen LogP) is 3.77. The molecule has 8 heteroatoms. The average molecular weight is 394 g/mol. The predicted molar refractivity (Wildman–Crippen MR) is 108 cm³/mol. The van der Waals surface area contributed by atoms with Crippen molar-refractivity contribution in [2.24, 2.45) is 0 Å². The lowest BCUT2D eigenvalue weighted by Crippen LogP contribution is -2.32. The minimum atomic E-state index is 0.0549. The van der Waals surface area contributed by atoms with Gasteiger partial charge in [0.2, 0.25) is 0 Å². The molecular weight excluding hydrogens is 368 g/mol. The summed E-state index contributed by atoms with van der Waals surface area (Å²) in [5.74, 6) is 2.02. The first-order valence-electron chi connectivity index (χ1n) is 10.2. The fourth-order valence-electron chi connectivity index (χ4n) is 3.52. The molecule has 0 radical (unpaired) electrons. The standard InChI is InChI=1S/C21H26N6O2/c1-14(2)19-24-20(29-25-19)16-8-9-18(22-12-16)27-15(3)17(13-23-27)21(28)26-10-6-4-5-7-11-26/h8-9,12-14H,4-7,10-11H2,1-3H3. The number of rotatable bonds is 4. The van der Waals surface area contributed by atoms with Crippen LogP contribution in [0.25, 0.3) is 17.3 Å². The second kappa shape index (κ2) is 8.14. The molecule has 1 aliphatic heterocycles. The number of carbonyl (C=O) groups is 1. The van der Waals surface area contributed by atoms with Crippen LogP contribution in [0, 0.1) is 6.92 Å². The highest BCUT2D eigenvalue weighted by atomic mass is 16.5. The summed E-state index contributed by atoms with van der Waals surface area (Å²) in [5, 5.41) is 8.40. The summed E-state index contributed by atoms with van der Waals surface area (Å²) < 4.78 is 7.02. The van der Waals surface area contributed by atoms with Crippen LogP contribution in [0.15, 0.2) is 29.0 Å². The van der Waals surface area contributed by atoms with Gasteiger partial charge in [-0.3, -0.25) is 4.79 Å². The van der Waals surface area contributed by atoms with Crippen molar-refractivity contribution in [1.82, 2.24) is 29.8 Å². The summed E-state index contributed by atoms with van der Waals surface area (Å²) in [6.07, 6.45) is 7.84. The molecule has 0 bridgehead atoms. The third kappa shape index (κ3) is 3.92. The Morgan fingerprint density at radius 1 is 1.10 bits per heavy atom. The fraction of sp³-hybridized carbons (Fsp3) is 0.476. The molecule has 1 saturated heterocycles. The second-order valence-electron chi connectivity index (χ2n) is 7.78. The molecule has 3 aromatic rings. The molecular formula is C21H26N6O2. The highest BCUT2D eigenvalue weighted by molar-refractivity contribution is 5.95. The Morgan fingerprint density at radius 3 is 2.48 bits per heavy atom. The summed E-state index contributed by atoms with van der Waals surface area (Å²) in [6, 6.07) is 3.71. The number of likely N-dealkylation sites (tertiary alicyclic amines) is 1. The first-order valence-corrected chi connectivity index (χ1v) is 10.2. The zero-order valence-electron chi connectivity index (χ0n) is 17.1. The Bertz CT molecular complexity index is 981. The average Bonchev–Trinajstić information content (AvgIpc) is 3.27. The minimum Gasteiger partial charge on any atom is -0.339 e. The van der Waals surface area contributed by atoms with Gasteiger partial charge >= 0.3 is 0 Å². The summed E-state index contributed by atoms with van der Waals surface area (Å²) in [7, 11) is 0. The number of hydrogen-bond acceptors (Lipinski definition) is 6. The molecule has 0 spiro atoms. The third-order valence-electron chi connectivity index (χ3n) is 5.30. The number of aromatic nitrogens is 5. The van der Waals surface area contributed by atoms with E-state index in [1.54, 1.807) is 17.1 Å². The molecule has 0 saturated carbocycles. The van der Waals surface area contributed by atoms with E-state index in [0.29, 0.717) is 23.1 Å². The van der Waals surface area contributed by atoms with E-state index in [4.69, 9.17) is 4.52 Å². The van der Waals surface area contributed by atoms with Gasteiger partial charge in [-0.15, -0.1) is 0 Å². The van der Waals surface area contributed by atoms with Gasteiger partial charge in [0.25, 0.3) is 11.8 Å². The largest absolute Gasteiger partial charge is 0.339 e. The zero-order chi connectivity index (χ0) is 20.4. The highest BCUT2D eigenvalue weighted by Gasteiger charge is 2.22. The lowest BCUT2D eigenvalue weighted by atomic mass is 10.2. The molecule has 3 aromatic heterocycles. The number of carbonyl (C=O) groups excluding carboxylic acids is 1. The maximum atomic E-state index is 12.9. The van der Waals surface area contributed by atoms with Gasteiger partial charge in [0.15, 0.2) is 11.6 Å². The second-order valence-corrected chi connectivity index (χ2v) is 7.78. The van der Waals surface area contributed by atoms with Gasteiger partial charge in [-0.25, -0.2) is 9.67 Å². The zero-order valence-corrected chi connectivity index (χ0v) is 17.1. The molecule has 1 amide bonds. The lowest BCUT2D eigenvalue weighted by molar-refractivity contribution is 0.0761. The van der Waals surface area contributed by atoms with E-state index >= 15 is 0 Å². The van der Waals surface area contributed by atoms with Crippen LogP contribution in [0.4, 0.5) is 0 Å². The van der Waals surface area contributed by atoms with Crippen LogP contribution in [-0.2, 0) is 0 Å². The first kappa shape index (κ1) is 19.3.